The average Bonchev–Trinajstić information content (AvgIpc) is 2.54. The van der Waals surface area contributed by atoms with Crippen LogP contribution in [0.4, 0.5) is 11.4 Å². The Kier molecular flexibility index (Phi) is 3.72. The lowest BCUT2D eigenvalue weighted by Crippen LogP contribution is -2.29. The monoisotopic (exact) mass is 287 g/mol. The Morgan fingerprint density at radius 3 is 2.37 bits per heavy atom. The van der Waals surface area contributed by atoms with E-state index in [0.717, 1.165) is 10.7 Å². The lowest BCUT2D eigenvalue weighted by Gasteiger charge is -2.16. The molecule has 3 N–H and O–H groups in total. The molecule has 0 saturated heterocycles. The zero-order valence-electron chi connectivity index (χ0n) is 10.8. The fourth-order valence-corrected chi connectivity index (χ4v) is 2.18. The van der Waals surface area contributed by atoms with E-state index in [1.165, 1.54) is 20.2 Å². The third kappa shape index (κ3) is 3.02. The Morgan fingerprint density at radius 2 is 1.79 bits per heavy atom. The molecule has 0 aliphatic carbocycles. The Morgan fingerprint density at radius 1 is 1.21 bits per heavy atom. The summed E-state index contributed by atoms with van der Waals surface area (Å²) in [6.45, 7) is 1.08. The van der Waals surface area contributed by atoms with Gasteiger partial charge in [0.15, 0.2) is 11.5 Å². The third-order valence-electron chi connectivity index (χ3n) is 2.64. The summed E-state index contributed by atoms with van der Waals surface area (Å²) in [5.74, 6) is 1.02. The lowest BCUT2D eigenvalue weighted by atomic mass is 10.2. The maximum atomic E-state index is 11.8. The van der Waals surface area contributed by atoms with Crippen LogP contribution < -0.4 is 19.9 Å². The van der Waals surface area contributed by atoms with Gasteiger partial charge in [0, 0.05) is 32.6 Å². The number of anilines is 2. The summed E-state index contributed by atoms with van der Waals surface area (Å²) >= 11 is 0. The highest BCUT2D eigenvalue weighted by Gasteiger charge is 2.18. The van der Waals surface area contributed by atoms with E-state index in [0.29, 0.717) is 24.7 Å². The Hall–Kier alpha value is -1.67. The van der Waals surface area contributed by atoms with Gasteiger partial charge in [-0.1, -0.05) is 0 Å². The summed E-state index contributed by atoms with van der Waals surface area (Å²) < 4.78 is 38.0. The number of nitrogens with two attached hydrogens (primary N) is 1. The average molecular weight is 287 g/mol. The second-order valence-electron chi connectivity index (χ2n) is 4.33. The Balaban J connectivity index is 2.35. The van der Waals surface area contributed by atoms with Crippen molar-refractivity contribution in [3.05, 3.63) is 12.1 Å². The van der Waals surface area contributed by atoms with Gasteiger partial charge in [-0.05, 0) is 0 Å². The molecule has 0 bridgehead atoms. The SMILES string of the molecule is CN(C)S(=O)(=O)Nc1cc2c(cc1N)OCCCO2. The van der Waals surface area contributed by atoms with Gasteiger partial charge in [-0.15, -0.1) is 0 Å². The molecular weight excluding hydrogens is 270 g/mol. The van der Waals surface area contributed by atoms with Crippen molar-refractivity contribution in [2.24, 2.45) is 0 Å². The van der Waals surface area contributed by atoms with Crippen molar-refractivity contribution in [2.45, 2.75) is 6.42 Å². The van der Waals surface area contributed by atoms with E-state index in [2.05, 4.69) is 4.72 Å². The number of hydrogen-bond acceptors (Lipinski definition) is 5. The number of rotatable bonds is 3. The van der Waals surface area contributed by atoms with Crippen LogP contribution in [0.15, 0.2) is 12.1 Å². The van der Waals surface area contributed by atoms with Gasteiger partial charge in [0.1, 0.15) is 0 Å². The molecular formula is C11H17N3O4S. The lowest BCUT2D eigenvalue weighted by molar-refractivity contribution is 0.297. The number of nitrogen functional groups attached to an aromatic ring is 1. The van der Waals surface area contributed by atoms with E-state index in [9.17, 15) is 8.42 Å². The normalized spacial score (nSPS) is 15.1. The molecule has 1 heterocycles. The van der Waals surface area contributed by atoms with Gasteiger partial charge in [-0.25, -0.2) is 0 Å². The summed E-state index contributed by atoms with van der Waals surface area (Å²) in [5.41, 5.74) is 6.38. The van der Waals surface area contributed by atoms with Crippen LogP contribution in [0.3, 0.4) is 0 Å². The molecule has 1 aromatic carbocycles. The summed E-state index contributed by atoms with van der Waals surface area (Å²) in [4.78, 5) is 0. The first-order chi connectivity index (χ1) is 8.90. The highest BCUT2D eigenvalue weighted by atomic mass is 32.2. The van der Waals surface area contributed by atoms with Crippen LogP contribution in [0.1, 0.15) is 6.42 Å². The molecule has 0 aromatic heterocycles. The van der Waals surface area contributed by atoms with Crippen LogP contribution in [-0.4, -0.2) is 40.0 Å². The van der Waals surface area contributed by atoms with Crippen molar-refractivity contribution < 1.29 is 17.9 Å². The van der Waals surface area contributed by atoms with E-state index in [4.69, 9.17) is 15.2 Å². The van der Waals surface area contributed by atoms with E-state index in [1.54, 1.807) is 6.07 Å². The van der Waals surface area contributed by atoms with Gasteiger partial charge >= 0.3 is 10.2 Å². The minimum Gasteiger partial charge on any atom is -0.489 e. The second-order valence-corrected chi connectivity index (χ2v) is 6.21. The standard InChI is InChI=1S/C11H17N3O4S/c1-14(2)19(15,16)13-9-7-11-10(6-8(9)12)17-4-3-5-18-11/h6-7,13H,3-5,12H2,1-2H3. The largest absolute Gasteiger partial charge is 0.489 e. The van der Waals surface area contributed by atoms with Crippen LogP contribution in [-0.2, 0) is 10.2 Å². The molecule has 1 aromatic rings. The van der Waals surface area contributed by atoms with Gasteiger partial charge < -0.3 is 15.2 Å². The van der Waals surface area contributed by atoms with Gasteiger partial charge in [-0.2, -0.15) is 12.7 Å². The minimum atomic E-state index is -3.60. The maximum Gasteiger partial charge on any atom is 0.301 e. The first kappa shape index (κ1) is 13.8. The molecule has 0 atom stereocenters. The van der Waals surface area contributed by atoms with E-state index >= 15 is 0 Å². The fourth-order valence-electron chi connectivity index (χ4n) is 1.54. The van der Waals surface area contributed by atoms with Crippen LogP contribution in [0.2, 0.25) is 0 Å². The molecule has 0 fully saturated rings. The van der Waals surface area contributed by atoms with Crippen molar-refractivity contribution in [1.29, 1.82) is 0 Å². The predicted octanol–water partition coefficient (Wildman–Crippen LogP) is 0.648. The second kappa shape index (κ2) is 5.14. The van der Waals surface area contributed by atoms with Crippen LogP contribution in [0, 0.1) is 0 Å². The maximum absolute atomic E-state index is 11.8. The topological polar surface area (TPSA) is 93.9 Å². The smallest absolute Gasteiger partial charge is 0.301 e. The van der Waals surface area contributed by atoms with Crippen molar-refractivity contribution in [1.82, 2.24) is 4.31 Å². The highest BCUT2D eigenvalue weighted by molar-refractivity contribution is 7.90. The van der Waals surface area contributed by atoms with Gasteiger partial charge in [0.25, 0.3) is 0 Å². The van der Waals surface area contributed by atoms with Crippen LogP contribution in [0.5, 0.6) is 11.5 Å². The molecule has 8 heteroatoms. The number of ether oxygens (including phenoxy) is 2. The van der Waals surface area contributed by atoms with Gasteiger partial charge in [0.05, 0.1) is 24.6 Å². The number of fused-ring (bicyclic) bond motifs is 1. The summed E-state index contributed by atoms with van der Waals surface area (Å²) in [5, 5.41) is 0. The minimum absolute atomic E-state index is 0.276. The fraction of sp³-hybridized carbons (Fsp3) is 0.455. The van der Waals surface area contributed by atoms with E-state index < -0.39 is 10.2 Å². The van der Waals surface area contributed by atoms with Crippen molar-refractivity contribution in [2.75, 3.05) is 37.8 Å². The van der Waals surface area contributed by atoms with Crippen LogP contribution >= 0.6 is 0 Å². The quantitative estimate of drug-likeness (QED) is 0.796. The number of nitrogens with zero attached hydrogens (tertiary/aromatic N) is 1. The molecule has 106 valence electrons. The first-order valence-corrected chi connectivity index (χ1v) is 7.23. The number of hydrogen-bond donors (Lipinski definition) is 2. The summed E-state index contributed by atoms with van der Waals surface area (Å²) in [6.07, 6.45) is 0.771. The molecule has 0 amide bonds. The predicted molar refractivity (Wildman–Crippen MR) is 72.7 cm³/mol. The molecule has 0 radical (unpaired) electrons. The highest BCUT2D eigenvalue weighted by Crippen LogP contribution is 2.37. The van der Waals surface area contributed by atoms with E-state index in [1.807, 2.05) is 0 Å². The van der Waals surface area contributed by atoms with Crippen molar-refractivity contribution in [3.8, 4) is 11.5 Å². The van der Waals surface area contributed by atoms with Crippen molar-refractivity contribution >= 4 is 21.6 Å². The molecule has 1 aliphatic rings. The van der Waals surface area contributed by atoms with Gasteiger partial charge in [-0.3, -0.25) is 4.72 Å². The number of nitrogens with one attached hydrogen (secondary N) is 1. The molecule has 19 heavy (non-hydrogen) atoms. The zero-order chi connectivity index (χ0) is 14.0. The Labute approximate surface area is 112 Å². The van der Waals surface area contributed by atoms with E-state index in [-0.39, 0.29) is 11.4 Å². The van der Waals surface area contributed by atoms with Gasteiger partial charge in [0.2, 0.25) is 0 Å². The molecule has 7 nitrogen and oxygen atoms in total. The summed E-state index contributed by atoms with van der Waals surface area (Å²) in [6, 6.07) is 3.10. The molecule has 0 unspecified atom stereocenters. The molecule has 0 saturated carbocycles. The summed E-state index contributed by atoms with van der Waals surface area (Å²) in [7, 11) is -0.738. The Bertz CT molecular complexity index is 572. The van der Waals surface area contributed by atoms with Crippen LogP contribution in [0.25, 0.3) is 0 Å². The third-order valence-corrected chi connectivity index (χ3v) is 4.08. The number of benzene rings is 1. The van der Waals surface area contributed by atoms with Crippen molar-refractivity contribution in [3.63, 3.8) is 0 Å². The first-order valence-electron chi connectivity index (χ1n) is 5.79. The molecule has 2 rings (SSSR count). The molecule has 1 aliphatic heterocycles. The zero-order valence-corrected chi connectivity index (χ0v) is 11.7. The molecule has 0 spiro atoms.